The molecule has 2 rings (SSSR count). The summed E-state index contributed by atoms with van der Waals surface area (Å²) < 4.78 is 0. The number of hydrogen-bond donors (Lipinski definition) is 2. The molecule has 1 saturated carbocycles. The molecule has 2 N–H and O–H groups in total. The number of rotatable bonds is 5. The fraction of sp³-hybridized carbons (Fsp3) is 1.00. The highest BCUT2D eigenvalue weighted by atomic mass is 16.3. The first-order valence-corrected chi connectivity index (χ1v) is 7.80. The van der Waals surface area contributed by atoms with Gasteiger partial charge in [-0.2, -0.15) is 0 Å². The van der Waals surface area contributed by atoms with Gasteiger partial charge in [-0.3, -0.25) is 0 Å². The maximum atomic E-state index is 9.68. The van der Waals surface area contributed by atoms with Crippen LogP contribution in [0.2, 0.25) is 0 Å². The van der Waals surface area contributed by atoms with Crippen molar-refractivity contribution in [1.82, 2.24) is 15.1 Å². The molecular weight excluding hydrogens is 238 g/mol. The first-order chi connectivity index (χ1) is 9.10. The van der Waals surface area contributed by atoms with Crippen molar-refractivity contribution in [2.45, 2.75) is 56.1 Å². The second kappa shape index (κ2) is 6.53. The largest absolute Gasteiger partial charge is 0.394 e. The second-order valence-corrected chi connectivity index (χ2v) is 6.65. The van der Waals surface area contributed by atoms with Gasteiger partial charge < -0.3 is 20.2 Å². The highest BCUT2D eigenvalue weighted by Gasteiger charge is 2.36. The molecule has 3 unspecified atom stereocenters. The maximum absolute atomic E-state index is 9.68. The lowest BCUT2D eigenvalue weighted by Crippen LogP contribution is -2.55. The van der Waals surface area contributed by atoms with Crippen molar-refractivity contribution >= 4 is 0 Å². The number of aliphatic hydroxyl groups excluding tert-OH is 1. The van der Waals surface area contributed by atoms with Gasteiger partial charge in [-0.15, -0.1) is 0 Å². The predicted molar refractivity (Wildman–Crippen MR) is 79.4 cm³/mol. The van der Waals surface area contributed by atoms with Crippen LogP contribution < -0.4 is 5.32 Å². The Morgan fingerprint density at radius 2 is 2.16 bits per heavy atom. The van der Waals surface area contributed by atoms with E-state index in [1.54, 1.807) is 0 Å². The van der Waals surface area contributed by atoms with Crippen molar-refractivity contribution in [3.63, 3.8) is 0 Å². The molecule has 1 heterocycles. The van der Waals surface area contributed by atoms with Gasteiger partial charge in [0.25, 0.3) is 0 Å². The number of nitrogens with one attached hydrogen (secondary N) is 1. The van der Waals surface area contributed by atoms with Crippen LogP contribution in [0.3, 0.4) is 0 Å². The Labute approximate surface area is 118 Å². The molecule has 1 aliphatic heterocycles. The van der Waals surface area contributed by atoms with Gasteiger partial charge >= 0.3 is 0 Å². The zero-order valence-corrected chi connectivity index (χ0v) is 12.9. The molecule has 0 aromatic carbocycles. The minimum atomic E-state index is -0.0429. The molecule has 1 saturated heterocycles. The van der Waals surface area contributed by atoms with E-state index in [1.165, 1.54) is 38.8 Å². The smallest absolute Gasteiger partial charge is 0.0613 e. The SMILES string of the molecule is CNC1(CO)CCCC(N(C)CC2CCCN2C)C1. The summed E-state index contributed by atoms with van der Waals surface area (Å²) in [5, 5.41) is 13.0. The quantitative estimate of drug-likeness (QED) is 0.778. The molecule has 2 aliphatic rings. The average molecular weight is 269 g/mol. The van der Waals surface area contributed by atoms with Crippen molar-refractivity contribution in [2.75, 3.05) is 40.8 Å². The van der Waals surface area contributed by atoms with Crippen molar-refractivity contribution in [3.8, 4) is 0 Å². The van der Waals surface area contributed by atoms with E-state index in [1.807, 2.05) is 7.05 Å². The first-order valence-electron chi connectivity index (χ1n) is 7.80. The zero-order valence-electron chi connectivity index (χ0n) is 12.9. The van der Waals surface area contributed by atoms with E-state index in [2.05, 4.69) is 29.2 Å². The Bertz CT molecular complexity index is 281. The number of hydrogen-bond acceptors (Lipinski definition) is 4. The highest BCUT2D eigenvalue weighted by Crippen LogP contribution is 2.31. The van der Waals surface area contributed by atoms with E-state index in [0.29, 0.717) is 6.04 Å². The molecule has 0 bridgehead atoms. The molecular formula is C15H31N3O. The third kappa shape index (κ3) is 3.48. The van der Waals surface area contributed by atoms with E-state index in [4.69, 9.17) is 0 Å². The van der Waals surface area contributed by atoms with Crippen LogP contribution >= 0.6 is 0 Å². The maximum Gasteiger partial charge on any atom is 0.0613 e. The number of likely N-dealkylation sites (N-methyl/N-ethyl adjacent to an activating group) is 3. The topological polar surface area (TPSA) is 38.7 Å². The van der Waals surface area contributed by atoms with Crippen LogP contribution in [-0.4, -0.2) is 73.4 Å². The molecule has 0 spiro atoms. The number of likely N-dealkylation sites (tertiary alicyclic amines) is 1. The minimum Gasteiger partial charge on any atom is -0.394 e. The summed E-state index contributed by atoms with van der Waals surface area (Å²) in [4.78, 5) is 5.03. The molecule has 0 amide bonds. The van der Waals surface area contributed by atoms with Gasteiger partial charge in [0, 0.05) is 24.2 Å². The van der Waals surface area contributed by atoms with Gasteiger partial charge in [0.15, 0.2) is 0 Å². The molecule has 0 aromatic rings. The fourth-order valence-electron chi connectivity index (χ4n) is 3.85. The van der Waals surface area contributed by atoms with Crippen LogP contribution in [0, 0.1) is 0 Å². The standard InChI is InChI=1S/C15H31N3O/c1-16-15(12-19)8-4-6-13(10-15)18(3)11-14-7-5-9-17(14)2/h13-14,16,19H,4-12H2,1-3H3. The number of aliphatic hydroxyl groups is 1. The van der Waals surface area contributed by atoms with Crippen LogP contribution in [0.25, 0.3) is 0 Å². The van der Waals surface area contributed by atoms with Crippen LogP contribution in [-0.2, 0) is 0 Å². The Hall–Kier alpha value is -0.160. The van der Waals surface area contributed by atoms with Gasteiger partial charge in [-0.25, -0.2) is 0 Å². The minimum absolute atomic E-state index is 0.0429. The summed E-state index contributed by atoms with van der Waals surface area (Å²) in [6.07, 6.45) is 7.36. The Morgan fingerprint density at radius 1 is 1.37 bits per heavy atom. The summed E-state index contributed by atoms with van der Waals surface area (Å²) in [6.45, 7) is 2.68. The molecule has 0 aromatic heterocycles. The van der Waals surface area contributed by atoms with Crippen LogP contribution in [0.15, 0.2) is 0 Å². The summed E-state index contributed by atoms with van der Waals surface area (Å²) in [5.74, 6) is 0. The summed E-state index contributed by atoms with van der Waals surface area (Å²) >= 11 is 0. The van der Waals surface area contributed by atoms with E-state index < -0.39 is 0 Å². The number of nitrogens with zero attached hydrogens (tertiary/aromatic N) is 2. The zero-order chi connectivity index (χ0) is 13.9. The van der Waals surface area contributed by atoms with E-state index >= 15 is 0 Å². The molecule has 2 fully saturated rings. The third-order valence-corrected chi connectivity index (χ3v) is 5.45. The van der Waals surface area contributed by atoms with Crippen molar-refractivity contribution in [2.24, 2.45) is 0 Å². The van der Waals surface area contributed by atoms with Crippen LogP contribution in [0.5, 0.6) is 0 Å². The van der Waals surface area contributed by atoms with Crippen molar-refractivity contribution < 1.29 is 5.11 Å². The third-order valence-electron chi connectivity index (χ3n) is 5.45. The molecule has 1 aliphatic carbocycles. The van der Waals surface area contributed by atoms with Gasteiger partial charge in [-0.1, -0.05) is 0 Å². The van der Waals surface area contributed by atoms with E-state index in [0.717, 1.165) is 18.9 Å². The summed E-state index contributed by atoms with van der Waals surface area (Å²) in [6, 6.07) is 1.34. The molecule has 0 radical (unpaired) electrons. The highest BCUT2D eigenvalue weighted by molar-refractivity contribution is 4.96. The summed E-state index contributed by atoms with van der Waals surface area (Å²) in [7, 11) is 6.50. The van der Waals surface area contributed by atoms with E-state index in [9.17, 15) is 5.11 Å². The first kappa shape index (κ1) is 15.2. The fourth-order valence-corrected chi connectivity index (χ4v) is 3.85. The summed E-state index contributed by atoms with van der Waals surface area (Å²) in [5.41, 5.74) is -0.0429. The molecule has 112 valence electrons. The average Bonchev–Trinajstić information content (AvgIpc) is 2.84. The van der Waals surface area contributed by atoms with Gasteiger partial charge in [0.1, 0.15) is 0 Å². The Kier molecular flexibility index (Phi) is 5.23. The Balaban J connectivity index is 1.89. The van der Waals surface area contributed by atoms with Crippen LogP contribution in [0.4, 0.5) is 0 Å². The van der Waals surface area contributed by atoms with Gasteiger partial charge in [0.2, 0.25) is 0 Å². The van der Waals surface area contributed by atoms with E-state index in [-0.39, 0.29) is 12.1 Å². The molecule has 19 heavy (non-hydrogen) atoms. The lowest BCUT2D eigenvalue weighted by atomic mass is 9.79. The second-order valence-electron chi connectivity index (χ2n) is 6.65. The predicted octanol–water partition coefficient (Wildman–Crippen LogP) is 0.905. The lowest BCUT2D eigenvalue weighted by Gasteiger charge is -2.43. The van der Waals surface area contributed by atoms with Gasteiger partial charge in [-0.05, 0) is 66.2 Å². The van der Waals surface area contributed by atoms with Crippen molar-refractivity contribution in [1.29, 1.82) is 0 Å². The van der Waals surface area contributed by atoms with Gasteiger partial charge in [0.05, 0.1) is 6.61 Å². The monoisotopic (exact) mass is 269 g/mol. The lowest BCUT2D eigenvalue weighted by molar-refractivity contribution is 0.0658. The van der Waals surface area contributed by atoms with Crippen molar-refractivity contribution in [3.05, 3.63) is 0 Å². The molecule has 3 atom stereocenters. The van der Waals surface area contributed by atoms with Crippen LogP contribution in [0.1, 0.15) is 38.5 Å². The normalized spacial score (nSPS) is 37.1. The Morgan fingerprint density at radius 3 is 2.74 bits per heavy atom. The molecule has 4 heteroatoms. The molecule has 4 nitrogen and oxygen atoms in total.